The van der Waals surface area contributed by atoms with Crippen LogP contribution in [0.25, 0.3) is 0 Å². The van der Waals surface area contributed by atoms with Gasteiger partial charge < -0.3 is 25.7 Å². The Hall–Kier alpha value is -3.38. The number of aromatic nitrogens is 3. The lowest BCUT2D eigenvalue weighted by molar-refractivity contribution is -0.139. The number of carbonyl (C=O) groups excluding carboxylic acids is 2. The summed E-state index contributed by atoms with van der Waals surface area (Å²) >= 11 is 3.50. The molecule has 3 heterocycles. The fourth-order valence-electron chi connectivity index (χ4n) is 5.60. The van der Waals surface area contributed by atoms with Crippen molar-refractivity contribution in [1.82, 2.24) is 20.3 Å². The Labute approximate surface area is 253 Å². The number of nitrogens with zero attached hydrogens (tertiary/aromatic N) is 4. The van der Waals surface area contributed by atoms with Crippen LogP contribution in [0.2, 0.25) is 0 Å². The van der Waals surface area contributed by atoms with E-state index in [1.807, 2.05) is 67.7 Å². The van der Waals surface area contributed by atoms with Crippen molar-refractivity contribution in [1.29, 1.82) is 0 Å². The minimum absolute atomic E-state index is 0.0176. The van der Waals surface area contributed by atoms with Crippen molar-refractivity contribution in [3.05, 3.63) is 82.1 Å². The second kappa shape index (κ2) is 13.3. The molecule has 1 saturated heterocycles. The van der Waals surface area contributed by atoms with E-state index >= 15 is 0 Å². The third-order valence-electron chi connectivity index (χ3n) is 8.02. The predicted molar refractivity (Wildman–Crippen MR) is 164 cm³/mol. The minimum atomic E-state index is -1.72. The number of hydrogen-bond donors (Lipinski definition) is 4. The van der Waals surface area contributed by atoms with Crippen molar-refractivity contribution < 1.29 is 19.8 Å². The summed E-state index contributed by atoms with van der Waals surface area (Å²) in [4.78, 5) is 28.1. The molecule has 2 amide bonds. The first kappa shape index (κ1) is 30.1. The number of amides is 2. The maximum Gasteiger partial charge on any atom is 0.264 e. The number of aliphatic hydroxyl groups excluding tert-OH is 1. The summed E-state index contributed by atoms with van der Waals surface area (Å²) in [6.07, 6.45) is 8.61. The van der Waals surface area contributed by atoms with Crippen LogP contribution in [-0.2, 0) is 34.7 Å². The summed E-state index contributed by atoms with van der Waals surface area (Å²) in [5, 5.41) is 35.4. The number of fused-ring (bicyclic) bond motifs is 1. The van der Waals surface area contributed by atoms with E-state index in [2.05, 4.69) is 36.9 Å². The van der Waals surface area contributed by atoms with Gasteiger partial charge in [-0.25, -0.2) is 0 Å². The second-order valence-electron chi connectivity index (χ2n) is 11.0. The molecule has 0 aliphatic carbocycles. The van der Waals surface area contributed by atoms with Gasteiger partial charge in [0, 0.05) is 54.0 Å². The van der Waals surface area contributed by atoms with E-state index < -0.39 is 11.5 Å². The summed E-state index contributed by atoms with van der Waals surface area (Å²) in [5.41, 5.74) is 1.85. The van der Waals surface area contributed by atoms with E-state index in [9.17, 15) is 14.7 Å². The fourth-order valence-corrected chi connectivity index (χ4v) is 5.96. The quantitative estimate of drug-likeness (QED) is 0.237. The van der Waals surface area contributed by atoms with Gasteiger partial charge in [-0.1, -0.05) is 52.4 Å². The molecule has 0 bridgehead atoms. The number of hydrogen-bond acceptors (Lipinski definition) is 7. The summed E-state index contributed by atoms with van der Waals surface area (Å²) in [7, 11) is 0. The highest BCUT2D eigenvalue weighted by molar-refractivity contribution is 9.10. The molecule has 4 N–H and O–H groups in total. The van der Waals surface area contributed by atoms with Gasteiger partial charge in [0.15, 0.2) is 5.60 Å². The van der Waals surface area contributed by atoms with Crippen LogP contribution in [0.3, 0.4) is 0 Å². The van der Waals surface area contributed by atoms with Crippen LogP contribution in [0, 0.1) is 11.8 Å². The summed E-state index contributed by atoms with van der Waals surface area (Å²) < 4.78 is 2.50. The Morgan fingerprint density at radius 1 is 1.29 bits per heavy atom. The smallest absolute Gasteiger partial charge is 0.264 e. The molecule has 0 radical (unpaired) electrons. The zero-order valence-corrected chi connectivity index (χ0v) is 25.3. The van der Waals surface area contributed by atoms with Crippen LogP contribution >= 0.6 is 15.9 Å². The van der Waals surface area contributed by atoms with Gasteiger partial charge >= 0.3 is 0 Å². The minimum Gasteiger partial charge on any atom is -0.396 e. The lowest BCUT2D eigenvalue weighted by Gasteiger charge is -2.28. The highest BCUT2D eigenvalue weighted by Crippen LogP contribution is 2.46. The van der Waals surface area contributed by atoms with Gasteiger partial charge in [-0.3, -0.25) is 14.3 Å². The standard InChI is InChI=1S/C31H37BrN6O4/c1-21(5-2-3-15-37-20-26(13-16-39)35-36-37)31(42)27-17-24(32)9-12-28(27)38(30(31)41)19-22-7-10-25(11-8-22)34-29(40)23-6-4-14-33-18-23/h2,5,7-12,17,20-21,23,33,39,42H,3-4,6,13-16,18-19H2,1H3,(H,34,40)/b5-2+/t21-,23?,31+/m1/s1. The van der Waals surface area contributed by atoms with E-state index in [4.69, 9.17) is 5.11 Å². The average molecular weight is 638 g/mol. The molecule has 10 nitrogen and oxygen atoms in total. The van der Waals surface area contributed by atoms with Crippen molar-refractivity contribution in [2.45, 2.75) is 51.3 Å². The summed E-state index contributed by atoms with van der Waals surface area (Å²) in [6.45, 7) is 4.40. The van der Waals surface area contributed by atoms with Gasteiger partial charge in [-0.05, 0) is 61.7 Å². The Morgan fingerprint density at radius 3 is 2.83 bits per heavy atom. The molecule has 1 unspecified atom stereocenters. The van der Waals surface area contributed by atoms with Gasteiger partial charge in [-0.15, -0.1) is 5.10 Å². The van der Waals surface area contributed by atoms with Crippen LogP contribution in [-0.4, -0.2) is 56.7 Å². The van der Waals surface area contributed by atoms with E-state index in [0.717, 1.165) is 40.8 Å². The first-order chi connectivity index (χ1) is 20.3. The van der Waals surface area contributed by atoms with E-state index in [-0.39, 0.29) is 30.9 Å². The largest absolute Gasteiger partial charge is 0.396 e. The van der Waals surface area contributed by atoms with Crippen LogP contribution in [0.15, 0.2) is 65.3 Å². The first-order valence-electron chi connectivity index (χ1n) is 14.4. The number of carbonyl (C=O) groups is 2. The van der Waals surface area contributed by atoms with Crippen molar-refractivity contribution in [3.63, 3.8) is 0 Å². The molecule has 11 heteroatoms. The number of rotatable bonds is 11. The predicted octanol–water partition coefficient (Wildman–Crippen LogP) is 3.53. The number of anilines is 2. The molecule has 0 saturated carbocycles. The Balaban J connectivity index is 1.26. The molecular weight excluding hydrogens is 600 g/mol. The van der Waals surface area contributed by atoms with Crippen molar-refractivity contribution in [2.75, 3.05) is 29.9 Å². The van der Waals surface area contributed by atoms with E-state index in [1.54, 1.807) is 9.58 Å². The van der Waals surface area contributed by atoms with Crippen LogP contribution < -0.4 is 15.5 Å². The Kier molecular flexibility index (Phi) is 9.52. The summed E-state index contributed by atoms with van der Waals surface area (Å²) in [5.74, 6) is -0.878. The van der Waals surface area contributed by atoms with Gasteiger partial charge in [0.1, 0.15) is 0 Å². The molecule has 2 aliphatic rings. The van der Waals surface area contributed by atoms with Crippen LogP contribution in [0.4, 0.5) is 11.4 Å². The van der Waals surface area contributed by atoms with Gasteiger partial charge in [0.25, 0.3) is 5.91 Å². The monoisotopic (exact) mass is 636 g/mol. The van der Waals surface area contributed by atoms with Gasteiger partial charge in [0.05, 0.1) is 23.8 Å². The maximum atomic E-state index is 13.9. The number of aliphatic hydroxyl groups is 2. The molecule has 2 aromatic carbocycles. The third-order valence-corrected chi connectivity index (χ3v) is 8.52. The van der Waals surface area contributed by atoms with E-state index in [1.165, 1.54) is 0 Å². The molecule has 3 atom stereocenters. The van der Waals surface area contributed by atoms with Gasteiger partial charge in [-0.2, -0.15) is 0 Å². The second-order valence-corrected chi connectivity index (χ2v) is 11.9. The van der Waals surface area contributed by atoms with Crippen molar-refractivity contribution >= 4 is 39.1 Å². The topological polar surface area (TPSA) is 133 Å². The third kappa shape index (κ3) is 6.49. The zero-order chi connectivity index (χ0) is 29.7. The molecule has 2 aliphatic heterocycles. The number of piperidine rings is 1. The lowest BCUT2D eigenvalue weighted by Crippen LogP contribution is -2.44. The van der Waals surface area contributed by atoms with Gasteiger partial charge in [0.2, 0.25) is 5.91 Å². The molecule has 0 spiro atoms. The summed E-state index contributed by atoms with van der Waals surface area (Å²) in [6, 6.07) is 13.0. The highest BCUT2D eigenvalue weighted by Gasteiger charge is 2.52. The molecule has 42 heavy (non-hydrogen) atoms. The normalized spacial score (nSPS) is 21.1. The molecular formula is C31H37BrN6O4. The SMILES string of the molecule is C[C@H](/C=C/CCn1cc(CCO)nn1)[C@@]1(O)C(=O)N(Cc2ccc(NC(=O)C3CCCNC3)cc2)c2ccc(Br)cc21. The fraction of sp³-hybridized carbons (Fsp3) is 0.419. The number of halogens is 1. The molecule has 3 aromatic rings. The average Bonchev–Trinajstić information content (AvgIpc) is 3.53. The van der Waals surface area contributed by atoms with Crippen LogP contribution in [0.1, 0.15) is 43.0 Å². The highest BCUT2D eigenvalue weighted by atomic mass is 79.9. The van der Waals surface area contributed by atoms with Crippen LogP contribution in [0.5, 0.6) is 0 Å². The molecule has 222 valence electrons. The zero-order valence-electron chi connectivity index (χ0n) is 23.7. The maximum absolute atomic E-state index is 13.9. The number of nitrogens with one attached hydrogen (secondary N) is 2. The molecule has 5 rings (SSSR count). The molecule has 1 aromatic heterocycles. The molecule has 1 fully saturated rings. The Bertz CT molecular complexity index is 1440. The number of benzene rings is 2. The Morgan fingerprint density at radius 2 is 2.10 bits per heavy atom. The van der Waals surface area contributed by atoms with Crippen molar-refractivity contribution in [2.24, 2.45) is 11.8 Å². The van der Waals surface area contributed by atoms with Crippen molar-refractivity contribution in [3.8, 4) is 0 Å². The lowest BCUT2D eigenvalue weighted by atomic mass is 9.83. The first-order valence-corrected chi connectivity index (χ1v) is 15.2. The van der Waals surface area contributed by atoms with E-state index in [0.29, 0.717) is 37.2 Å². The number of allylic oxidation sites excluding steroid dienone is 1. The number of aryl methyl sites for hydroxylation is 1.